The molecule has 1 heterocycles. The summed E-state index contributed by atoms with van der Waals surface area (Å²) in [5, 5.41) is 13.4. The Balaban J connectivity index is 2.20. The van der Waals surface area contributed by atoms with Crippen molar-refractivity contribution in [2.75, 3.05) is 6.54 Å². The Bertz CT molecular complexity index is 689. The predicted molar refractivity (Wildman–Crippen MR) is 82.5 cm³/mol. The highest BCUT2D eigenvalue weighted by Crippen LogP contribution is 2.22. The van der Waals surface area contributed by atoms with Crippen LogP contribution in [0.25, 0.3) is 0 Å². The first-order valence-corrected chi connectivity index (χ1v) is 8.87. The first-order valence-electron chi connectivity index (χ1n) is 6.47. The molecule has 2 rings (SSSR count). The normalized spacial score (nSPS) is 20.2. The second-order valence-electron chi connectivity index (χ2n) is 5.15. The number of carbonyl (C=O) groups is 2. The summed E-state index contributed by atoms with van der Waals surface area (Å²) in [6.45, 7) is -0.189. The first kappa shape index (κ1) is 16.9. The van der Waals surface area contributed by atoms with Crippen molar-refractivity contribution < 1.29 is 23.1 Å². The van der Waals surface area contributed by atoms with Crippen molar-refractivity contribution in [1.29, 1.82) is 0 Å². The van der Waals surface area contributed by atoms with Gasteiger partial charge in [-0.25, -0.2) is 18.4 Å². The number of amides is 1. The van der Waals surface area contributed by atoms with Gasteiger partial charge in [0.1, 0.15) is 11.3 Å². The molecule has 1 saturated heterocycles. The van der Waals surface area contributed by atoms with E-state index < -0.39 is 33.2 Å². The molecule has 3 N–H and O–H groups in total. The predicted octanol–water partition coefficient (Wildman–Crippen LogP) is 0.334. The molecule has 0 saturated carbocycles. The zero-order chi connectivity index (χ0) is 16.5. The fourth-order valence-electron chi connectivity index (χ4n) is 2.39. The lowest BCUT2D eigenvalue weighted by Crippen LogP contribution is -2.44. The summed E-state index contributed by atoms with van der Waals surface area (Å²) in [4.78, 5) is 24.5. The van der Waals surface area contributed by atoms with Crippen LogP contribution in [0.3, 0.4) is 0 Å². The van der Waals surface area contributed by atoms with Crippen LogP contribution in [-0.2, 0) is 26.0 Å². The van der Waals surface area contributed by atoms with Crippen molar-refractivity contribution in [2.45, 2.75) is 24.1 Å². The van der Waals surface area contributed by atoms with Gasteiger partial charge < -0.3 is 10.0 Å². The molecule has 1 aromatic rings. The fraction of sp³-hybridized carbons (Fsp3) is 0.385. The van der Waals surface area contributed by atoms with Gasteiger partial charge in [-0.3, -0.25) is 4.79 Å². The van der Waals surface area contributed by atoms with E-state index in [0.29, 0.717) is 0 Å². The molecule has 1 fully saturated rings. The highest BCUT2D eigenvalue weighted by atomic mass is 79.9. The average molecular weight is 391 g/mol. The van der Waals surface area contributed by atoms with Crippen LogP contribution >= 0.6 is 15.9 Å². The van der Waals surface area contributed by atoms with Crippen molar-refractivity contribution in [1.82, 2.24) is 4.90 Å². The quantitative estimate of drug-likeness (QED) is 0.750. The lowest BCUT2D eigenvalue weighted by Gasteiger charge is -2.24. The number of nitrogens with two attached hydrogens (primary N) is 1. The minimum absolute atomic E-state index is 0.103. The molecule has 1 aliphatic heterocycles. The van der Waals surface area contributed by atoms with E-state index in [9.17, 15) is 23.1 Å². The molecular weight excluding hydrogens is 376 g/mol. The van der Waals surface area contributed by atoms with E-state index in [1.807, 2.05) is 0 Å². The van der Waals surface area contributed by atoms with Gasteiger partial charge >= 0.3 is 5.97 Å². The number of carboxylic acid groups (broad SMARTS) is 1. The molecular formula is C13H15BrN2O5S. The van der Waals surface area contributed by atoms with Gasteiger partial charge in [0, 0.05) is 23.9 Å². The Morgan fingerprint density at radius 2 is 2.00 bits per heavy atom. The van der Waals surface area contributed by atoms with Gasteiger partial charge in [0.25, 0.3) is 0 Å². The van der Waals surface area contributed by atoms with Crippen LogP contribution < -0.4 is 5.14 Å². The number of benzene rings is 1. The summed E-state index contributed by atoms with van der Waals surface area (Å²) in [6, 6.07) is 5.93. The SMILES string of the molecule is NS(=O)(=O)C1CC(=O)N([C@@H](Cc2ccc(Br)cc2)C(=O)O)C1. The van der Waals surface area contributed by atoms with Crippen LogP contribution in [0.5, 0.6) is 0 Å². The summed E-state index contributed by atoms with van der Waals surface area (Å²) in [5.41, 5.74) is 0.738. The third kappa shape index (κ3) is 3.84. The molecule has 7 nitrogen and oxygen atoms in total. The number of aliphatic carboxylic acids is 1. The maximum Gasteiger partial charge on any atom is 0.326 e. The lowest BCUT2D eigenvalue weighted by molar-refractivity contribution is -0.148. The van der Waals surface area contributed by atoms with E-state index in [2.05, 4.69) is 15.9 Å². The Hall–Kier alpha value is -1.45. The number of rotatable bonds is 5. The molecule has 0 bridgehead atoms. The molecule has 0 radical (unpaired) electrons. The lowest BCUT2D eigenvalue weighted by atomic mass is 10.1. The zero-order valence-electron chi connectivity index (χ0n) is 11.5. The summed E-state index contributed by atoms with van der Waals surface area (Å²) in [7, 11) is -3.87. The number of primary sulfonamides is 1. The molecule has 1 amide bonds. The van der Waals surface area contributed by atoms with E-state index in [1.54, 1.807) is 24.3 Å². The number of halogens is 1. The second kappa shape index (κ2) is 6.35. The number of hydrogen-bond acceptors (Lipinski definition) is 4. The number of likely N-dealkylation sites (tertiary alicyclic amines) is 1. The number of hydrogen-bond donors (Lipinski definition) is 2. The van der Waals surface area contributed by atoms with Gasteiger partial charge in [-0.05, 0) is 17.7 Å². The smallest absolute Gasteiger partial charge is 0.326 e. The maximum absolute atomic E-state index is 12.0. The monoisotopic (exact) mass is 390 g/mol. The molecule has 22 heavy (non-hydrogen) atoms. The van der Waals surface area contributed by atoms with Crippen LogP contribution in [0, 0.1) is 0 Å². The van der Waals surface area contributed by atoms with Crippen molar-refractivity contribution >= 4 is 37.8 Å². The molecule has 2 atom stereocenters. The van der Waals surface area contributed by atoms with Crippen molar-refractivity contribution in [3.05, 3.63) is 34.3 Å². The van der Waals surface area contributed by atoms with E-state index in [4.69, 9.17) is 5.14 Å². The van der Waals surface area contributed by atoms with Crippen LogP contribution in [0.4, 0.5) is 0 Å². The van der Waals surface area contributed by atoms with Crippen LogP contribution in [0.15, 0.2) is 28.7 Å². The number of nitrogens with zero attached hydrogens (tertiary/aromatic N) is 1. The topological polar surface area (TPSA) is 118 Å². The Kier molecular flexibility index (Phi) is 4.88. The highest BCUT2D eigenvalue weighted by molar-refractivity contribution is 9.10. The minimum Gasteiger partial charge on any atom is -0.480 e. The average Bonchev–Trinajstić information content (AvgIpc) is 2.79. The third-order valence-corrected chi connectivity index (χ3v) is 5.36. The summed E-state index contributed by atoms with van der Waals surface area (Å²) in [5.74, 6) is -1.69. The molecule has 1 aromatic carbocycles. The van der Waals surface area contributed by atoms with Gasteiger partial charge in [0.05, 0.1) is 0 Å². The fourth-order valence-corrected chi connectivity index (χ4v) is 3.40. The van der Waals surface area contributed by atoms with Crippen molar-refractivity contribution in [3.63, 3.8) is 0 Å². The first-order chi connectivity index (χ1) is 10.2. The molecule has 120 valence electrons. The molecule has 1 aliphatic rings. The Morgan fingerprint density at radius 1 is 1.41 bits per heavy atom. The van der Waals surface area contributed by atoms with E-state index in [0.717, 1.165) is 14.9 Å². The van der Waals surface area contributed by atoms with Crippen molar-refractivity contribution in [3.8, 4) is 0 Å². The number of carbonyl (C=O) groups excluding carboxylic acids is 1. The Labute approximate surface area is 136 Å². The largest absolute Gasteiger partial charge is 0.480 e. The van der Waals surface area contributed by atoms with Gasteiger partial charge in [0.2, 0.25) is 15.9 Å². The van der Waals surface area contributed by atoms with E-state index in [1.165, 1.54) is 0 Å². The molecule has 0 aliphatic carbocycles. The number of sulfonamides is 1. The minimum atomic E-state index is -3.87. The molecule has 9 heteroatoms. The van der Waals surface area contributed by atoms with Crippen LogP contribution in [0.1, 0.15) is 12.0 Å². The van der Waals surface area contributed by atoms with Gasteiger partial charge in [-0.1, -0.05) is 28.1 Å². The zero-order valence-corrected chi connectivity index (χ0v) is 13.9. The maximum atomic E-state index is 12.0. The summed E-state index contributed by atoms with van der Waals surface area (Å²) < 4.78 is 23.6. The van der Waals surface area contributed by atoms with E-state index in [-0.39, 0.29) is 19.4 Å². The van der Waals surface area contributed by atoms with Gasteiger partial charge in [-0.2, -0.15) is 0 Å². The number of carboxylic acids is 1. The molecule has 0 spiro atoms. The molecule has 1 unspecified atom stereocenters. The standard InChI is InChI=1S/C13H15BrN2O5S/c14-9-3-1-8(2-4-9)5-11(13(18)19)16-7-10(6-12(16)17)22(15,20)21/h1-4,10-11H,5-7H2,(H,18,19)(H2,15,20,21)/t10?,11-/m0/s1. The van der Waals surface area contributed by atoms with E-state index >= 15 is 0 Å². The van der Waals surface area contributed by atoms with Gasteiger partial charge in [-0.15, -0.1) is 0 Å². The van der Waals surface area contributed by atoms with Gasteiger partial charge in [0.15, 0.2) is 0 Å². The summed E-state index contributed by atoms with van der Waals surface area (Å²) in [6.07, 6.45) is -0.172. The van der Waals surface area contributed by atoms with Crippen LogP contribution in [0.2, 0.25) is 0 Å². The second-order valence-corrected chi connectivity index (χ2v) is 7.91. The molecule has 0 aromatic heterocycles. The summed E-state index contributed by atoms with van der Waals surface area (Å²) >= 11 is 3.28. The third-order valence-electron chi connectivity index (χ3n) is 3.59. The Morgan fingerprint density at radius 3 is 2.45 bits per heavy atom. The van der Waals surface area contributed by atoms with Crippen molar-refractivity contribution in [2.24, 2.45) is 5.14 Å². The van der Waals surface area contributed by atoms with Crippen LogP contribution in [-0.4, -0.2) is 48.1 Å². The highest BCUT2D eigenvalue weighted by Gasteiger charge is 2.41.